The number of aromatic nitrogens is 2. The van der Waals surface area contributed by atoms with Crippen molar-refractivity contribution in [1.82, 2.24) is 10.2 Å². The highest BCUT2D eigenvalue weighted by atomic mass is 32.1. The van der Waals surface area contributed by atoms with E-state index in [-0.39, 0.29) is 12.5 Å². The van der Waals surface area contributed by atoms with E-state index in [4.69, 9.17) is 4.74 Å². The third kappa shape index (κ3) is 4.43. The van der Waals surface area contributed by atoms with Gasteiger partial charge in [0.2, 0.25) is 5.13 Å². The van der Waals surface area contributed by atoms with Crippen molar-refractivity contribution in [2.24, 2.45) is 0 Å². The average molecular weight is 374 g/mol. The normalized spacial score (nSPS) is 11.9. The van der Waals surface area contributed by atoms with Crippen LogP contribution in [-0.2, 0) is 4.79 Å². The van der Waals surface area contributed by atoms with Gasteiger partial charge in [0.05, 0.1) is 0 Å². The Bertz CT molecular complexity index is 830. The monoisotopic (exact) mass is 373 g/mol. The molecule has 1 atom stereocenters. The number of thiophene rings is 1. The fraction of sp³-hybridized carbons (Fsp3) is 0.278. The molecule has 0 radical (unpaired) electrons. The zero-order valence-corrected chi connectivity index (χ0v) is 15.7. The largest absolute Gasteiger partial charge is 0.483 e. The van der Waals surface area contributed by atoms with Gasteiger partial charge in [-0.15, -0.1) is 10.2 Å². The van der Waals surface area contributed by atoms with Crippen molar-refractivity contribution in [2.75, 3.05) is 11.9 Å². The highest BCUT2D eigenvalue weighted by Gasteiger charge is 2.13. The van der Waals surface area contributed by atoms with Crippen LogP contribution in [0.5, 0.6) is 5.75 Å². The third-order valence-corrected chi connectivity index (χ3v) is 5.43. The highest BCUT2D eigenvalue weighted by molar-refractivity contribution is 7.19. The number of hydrogen-bond acceptors (Lipinski definition) is 6. The lowest BCUT2D eigenvalue weighted by Crippen LogP contribution is -2.20. The minimum Gasteiger partial charge on any atom is -0.483 e. The molecule has 3 aromatic rings. The van der Waals surface area contributed by atoms with E-state index in [1.165, 1.54) is 11.3 Å². The predicted octanol–water partition coefficient (Wildman–Crippen LogP) is 4.80. The molecule has 1 aromatic carbocycles. The third-order valence-electron chi connectivity index (χ3n) is 3.86. The number of anilines is 1. The first kappa shape index (κ1) is 17.6. The number of benzene rings is 1. The lowest BCUT2D eigenvalue weighted by molar-refractivity contribution is -0.118. The Morgan fingerprint density at radius 1 is 1.28 bits per heavy atom. The number of para-hydroxylation sites is 1. The number of ether oxygens (including phenoxy) is 1. The van der Waals surface area contributed by atoms with Crippen molar-refractivity contribution in [3.05, 3.63) is 46.7 Å². The molecule has 0 saturated heterocycles. The average Bonchev–Trinajstić information content (AvgIpc) is 3.31. The van der Waals surface area contributed by atoms with Gasteiger partial charge in [0.25, 0.3) is 5.91 Å². The summed E-state index contributed by atoms with van der Waals surface area (Å²) in [6, 6.07) is 9.82. The molecule has 1 amide bonds. The maximum Gasteiger partial charge on any atom is 0.264 e. The van der Waals surface area contributed by atoms with Crippen molar-refractivity contribution in [1.29, 1.82) is 0 Å². The molecule has 0 aliphatic rings. The lowest BCUT2D eigenvalue weighted by atomic mass is 9.98. The molecular formula is C18H19N3O2S2. The summed E-state index contributed by atoms with van der Waals surface area (Å²) in [6.07, 6.45) is 1.02. The standard InChI is InChI=1S/C18H19N3O2S2/c1-3-12(2)14-6-4-5-7-15(14)23-10-16(22)19-18-21-20-17(25-18)13-8-9-24-11-13/h4-9,11-12H,3,10H2,1-2H3,(H,19,21,22). The van der Waals surface area contributed by atoms with E-state index in [9.17, 15) is 4.79 Å². The Balaban J connectivity index is 1.59. The zero-order chi connectivity index (χ0) is 17.6. The van der Waals surface area contributed by atoms with Gasteiger partial charge in [-0.25, -0.2) is 0 Å². The number of nitrogens with one attached hydrogen (secondary N) is 1. The van der Waals surface area contributed by atoms with Crippen LogP contribution in [0, 0.1) is 0 Å². The molecule has 3 rings (SSSR count). The summed E-state index contributed by atoms with van der Waals surface area (Å²) in [5.41, 5.74) is 2.13. The van der Waals surface area contributed by atoms with Gasteiger partial charge in [0, 0.05) is 10.9 Å². The Morgan fingerprint density at radius 3 is 2.88 bits per heavy atom. The lowest BCUT2D eigenvalue weighted by Gasteiger charge is -2.15. The van der Waals surface area contributed by atoms with Crippen molar-refractivity contribution in [2.45, 2.75) is 26.2 Å². The molecule has 2 aromatic heterocycles. The first-order valence-corrected chi connectivity index (χ1v) is 9.81. The molecule has 25 heavy (non-hydrogen) atoms. The first-order chi connectivity index (χ1) is 12.2. The van der Waals surface area contributed by atoms with E-state index in [1.54, 1.807) is 11.3 Å². The number of hydrogen-bond donors (Lipinski definition) is 1. The van der Waals surface area contributed by atoms with Crippen LogP contribution in [0.4, 0.5) is 5.13 Å². The molecule has 5 nitrogen and oxygen atoms in total. The molecule has 2 heterocycles. The fourth-order valence-corrected chi connectivity index (χ4v) is 3.79. The molecule has 0 aliphatic heterocycles. The minimum atomic E-state index is -0.244. The smallest absolute Gasteiger partial charge is 0.264 e. The van der Waals surface area contributed by atoms with Crippen LogP contribution in [0.25, 0.3) is 10.6 Å². The van der Waals surface area contributed by atoms with Gasteiger partial charge in [-0.3, -0.25) is 10.1 Å². The minimum absolute atomic E-state index is 0.0547. The second-order valence-corrected chi connectivity index (χ2v) is 7.37. The number of nitrogens with zero attached hydrogens (tertiary/aromatic N) is 2. The zero-order valence-electron chi connectivity index (χ0n) is 14.1. The summed E-state index contributed by atoms with van der Waals surface area (Å²) < 4.78 is 5.72. The molecule has 1 N–H and O–H groups in total. The van der Waals surface area contributed by atoms with Crippen molar-refractivity contribution >= 4 is 33.7 Å². The second kappa shape index (κ2) is 8.22. The van der Waals surface area contributed by atoms with E-state index >= 15 is 0 Å². The SMILES string of the molecule is CCC(C)c1ccccc1OCC(=O)Nc1nnc(-c2ccsc2)s1. The van der Waals surface area contributed by atoms with Gasteiger partial charge >= 0.3 is 0 Å². The molecule has 130 valence electrons. The molecular weight excluding hydrogens is 354 g/mol. The van der Waals surface area contributed by atoms with Gasteiger partial charge < -0.3 is 4.74 Å². The number of carbonyl (C=O) groups is 1. The topological polar surface area (TPSA) is 64.1 Å². The maximum atomic E-state index is 12.1. The van der Waals surface area contributed by atoms with Crippen LogP contribution in [-0.4, -0.2) is 22.7 Å². The number of carbonyl (C=O) groups excluding carboxylic acids is 1. The van der Waals surface area contributed by atoms with Gasteiger partial charge in [-0.2, -0.15) is 11.3 Å². The summed E-state index contributed by atoms with van der Waals surface area (Å²) in [5.74, 6) is 0.894. The van der Waals surface area contributed by atoms with Gasteiger partial charge in [0.15, 0.2) is 6.61 Å². The molecule has 0 aliphatic carbocycles. The van der Waals surface area contributed by atoms with Crippen molar-refractivity contribution in [3.63, 3.8) is 0 Å². The van der Waals surface area contributed by atoms with Gasteiger partial charge in [-0.05, 0) is 35.4 Å². The Labute approximate surface area is 154 Å². The first-order valence-electron chi connectivity index (χ1n) is 8.05. The van der Waals surface area contributed by atoms with E-state index in [0.29, 0.717) is 11.0 Å². The van der Waals surface area contributed by atoms with E-state index in [2.05, 4.69) is 29.4 Å². The molecule has 7 heteroatoms. The summed E-state index contributed by atoms with van der Waals surface area (Å²) in [5, 5.41) is 16.1. The molecule has 0 spiro atoms. The van der Waals surface area contributed by atoms with E-state index < -0.39 is 0 Å². The molecule has 1 unspecified atom stereocenters. The predicted molar refractivity (Wildman–Crippen MR) is 102 cm³/mol. The van der Waals surface area contributed by atoms with Crippen molar-refractivity contribution in [3.8, 4) is 16.3 Å². The van der Waals surface area contributed by atoms with Crippen LogP contribution in [0.2, 0.25) is 0 Å². The van der Waals surface area contributed by atoms with Crippen molar-refractivity contribution < 1.29 is 9.53 Å². The van der Waals surface area contributed by atoms with Crippen LogP contribution in [0.15, 0.2) is 41.1 Å². The highest BCUT2D eigenvalue weighted by Crippen LogP contribution is 2.29. The fourth-order valence-electron chi connectivity index (χ4n) is 2.31. The van der Waals surface area contributed by atoms with Gasteiger partial charge in [0.1, 0.15) is 10.8 Å². The van der Waals surface area contributed by atoms with E-state index in [1.807, 2.05) is 41.1 Å². The number of amides is 1. The quantitative estimate of drug-likeness (QED) is 0.646. The summed E-state index contributed by atoms with van der Waals surface area (Å²) >= 11 is 2.95. The summed E-state index contributed by atoms with van der Waals surface area (Å²) in [4.78, 5) is 12.1. The molecule has 0 bridgehead atoms. The Kier molecular flexibility index (Phi) is 5.78. The van der Waals surface area contributed by atoms with Crippen LogP contribution in [0.1, 0.15) is 31.7 Å². The van der Waals surface area contributed by atoms with Crippen LogP contribution in [0.3, 0.4) is 0 Å². The van der Waals surface area contributed by atoms with Crippen LogP contribution >= 0.6 is 22.7 Å². The summed E-state index contributed by atoms with van der Waals surface area (Å²) in [6.45, 7) is 4.23. The Morgan fingerprint density at radius 2 is 2.12 bits per heavy atom. The maximum absolute atomic E-state index is 12.1. The van der Waals surface area contributed by atoms with E-state index in [0.717, 1.165) is 28.3 Å². The summed E-state index contributed by atoms with van der Waals surface area (Å²) in [7, 11) is 0. The number of rotatable bonds is 7. The van der Waals surface area contributed by atoms with Gasteiger partial charge in [-0.1, -0.05) is 43.4 Å². The molecule has 0 saturated carbocycles. The second-order valence-electron chi connectivity index (χ2n) is 5.61. The Hall–Kier alpha value is -2.25. The van der Waals surface area contributed by atoms with Crippen LogP contribution < -0.4 is 10.1 Å². The molecule has 0 fully saturated rings.